The fraction of sp³-hybridized carbons (Fsp3) is 0. The molecule has 0 atom stereocenters. The van der Waals surface area contributed by atoms with Gasteiger partial charge in [0.1, 0.15) is 0 Å². The molecule has 86 valence electrons. The Hall–Kier alpha value is -0.880. The summed E-state index contributed by atoms with van der Waals surface area (Å²) in [5.74, 6) is -0.110. The standard InChI is InChI=1S/C13H9BrINO/c14-12-7-6-9(15)8-11(12)13(17)16-10-4-2-1-3-5-10/h1-8H,(H,16,17). The SMILES string of the molecule is O=C(Nc1ccccc1)c1cc(I)ccc1Br. The van der Waals surface area contributed by atoms with Crippen LogP contribution in [0, 0.1) is 3.57 Å². The van der Waals surface area contributed by atoms with E-state index in [4.69, 9.17) is 0 Å². The van der Waals surface area contributed by atoms with Crippen LogP contribution in [0.5, 0.6) is 0 Å². The molecule has 0 spiro atoms. The Morgan fingerprint density at radius 2 is 1.82 bits per heavy atom. The van der Waals surface area contributed by atoms with E-state index in [0.717, 1.165) is 13.7 Å². The summed E-state index contributed by atoms with van der Waals surface area (Å²) in [6.07, 6.45) is 0. The number of rotatable bonds is 2. The van der Waals surface area contributed by atoms with Crippen LogP contribution >= 0.6 is 38.5 Å². The number of carbonyl (C=O) groups excluding carboxylic acids is 1. The fourth-order valence-corrected chi connectivity index (χ4v) is 2.31. The van der Waals surface area contributed by atoms with Gasteiger partial charge in [0.2, 0.25) is 0 Å². The smallest absolute Gasteiger partial charge is 0.256 e. The van der Waals surface area contributed by atoms with Gasteiger partial charge in [-0.05, 0) is 68.9 Å². The summed E-state index contributed by atoms with van der Waals surface area (Å²) < 4.78 is 1.83. The molecule has 0 aromatic heterocycles. The van der Waals surface area contributed by atoms with Crippen molar-refractivity contribution >= 4 is 50.1 Å². The Bertz CT molecular complexity index is 542. The van der Waals surface area contributed by atoms with Gasteiger partial charge < -0.3 is 5.32 Å². The average Bonchev–Trinajstić information content (AvgIpc) is 2.33. The van der Waals surface area contributed by atoms with E-state index >= 15 is 0 Å². The maximum Gasteiger partial charge on any atom is 0.256 e. The van der Waals surface area contributed by atoms with Gasteiger partial charge in [-0.15, -0.1) is 0 Å². The molecule has 2 aromatic rings. The number of anilines is 1. The van der Waals surface area contributed by atoms with Crippen molar-refractivity contribution in [3.63, 3.8) is 0 Å². The molecule has 2 nitrogen and oxygen atoms in total. The first kappa shape index (κ1) is 12.6. The zero-order chi connectivity index (χ0) is 12.3. The summed E-state index contributed by atoms with van der Waals surface area (Å²) in [5, 5.41) is 2.85. The van der Waals surface area contributed by atoms with E-state index in [1.165, 1.54) is 0 Å². The van der Waals surface area contributed by atoms with Gasteiger partial charge in [-0.2, -0.15) is 0 Å². The van der Waals surface area contributed by atoms with Gasteiger partial charge in [0.15, 0.2) is 0 Å². The van der Waals surface area contributed by atoms with E-state index in [1.54, 1.807) is 0 Å². The number of amides is 1. The highest BCUT2D eigenvalue weighted by atomic mass is 127. The third-order valence-corrected chi connectivity index (χ3v) is 3.57. The highest BCUT2D eigenvalue weighted by Crippen LogP contribution is 2.20. The number of halogens is 2. The largest absolute Gasteiger partial charge is 0.322 e. The highest BCUT2D eigenvalue weighted by Gasteiger charge is 2.10. The van der Waals surface area contributed by atoms with Gasteiger partial charge in [0.25, 0.3) is 5.91 Å². The molecule has 0 aliphatic carbocycles. The third-order valence-electron chi connectivity index (χ3n) is 2.20. The lowest BCUT2D eigenvalue weighted by molar-refractivity contribution is 0.102. The quantitative estimate of drug-likeness (QED) is 0.746. The second kappa shape index (κ2) is 5.64. The van der Waals surface area contributed by atoms with Crippen molar-refractivity contribution in [2.24, 2.45) is 0 Å². The first-order valence-corrected chi connectivity index (χ1v) is 6.85. The lowest BCUT2D eigenvalue weighted by Gasteiger charge is -2.07. The van der Waals surface area contributed by atoms with Crippen molar-refractivity contribution in [1.82, 2.24) is 0 Å². The van der Waals surface area contributed by atoms with Crippen molar-refractivity contribution < 1.29 is 4.79 Å². The van der Waals surface area contributed by atoms with Crippen LogP contribution in [-0.2, 0) is 0 Å². The van der Waals surface area contributed by atoms with Crippen molar-refractivity contribution in [1.29, 1.82) is 0 Å². The van der Waals surface area contributed by atoms with Crippen molar-refractivity contribution in [3.8, 4) is 0 Å². The van der Waals surface area contributed by atoms with E-state index in [9.17, 15) is 4.79 Å². The van der Waals surface area contributed by atoms with Crippen LogP contribution in [0.25, 0.3) is 0 Å². The number of benzene rings is 2. The number of carbonyl (C=O) groups is 1. The van der Waals surface area contributed by atoms with Crippen molar-refractivity contribution in [2.45, 2.75) is 0 Å². The molecular weight excluding hydrogens is 393 g/mol. The Morgan fingerprint density at radius 1 is 1.12 bits per heavy atom. The summed E-state index contributed by atoms with van der Waals surface area (Å²) in [4.78, 5) is 12.0. The number of hydrogen-bond donors (Lipinski definition) is 1. The van der Waals surface area contributed by atoms with Gasteiger partial charge in [-0.25, -0.2) is 0 Å². The van der Waals surface area contributed by atoms with E-state index in [-0.39, 0.29) is 5.91 Å². The van der Waals surface area contributed by atoms with Crippen LogP contribution in [0.2, 0.25) is 0 Å². The molecule has 0 aliphatic rings. The van der Waals surface area contributed by atoms with E-state index in [0.29, 0.717) is 5.56 Å². The van der Waals surface area contributed by atoms with Gasteiger partial charge in [-0.1, -0.05) is 18.2 Å². The van der Waals surface area contributed by atoms with Crippen LogP contribution in [0.1, 0.15) is 10.4 Å². The second-order valence-corrected chi connectivity index (χ2v) is 5.54. The predicted octanol–water partition coefficient (Wildman–Crippen LogP) is 4.31. The summed E-state index contributed by atoms with van der Waals surface area (Å²) in [7, 11) is 0. The van der Waals surface area contributed by atoms with Crippen LogP contribution in [0.15, 0.2) is 53.0 Å². The molecule has 17 heavy (non-hydrogen) atoms. The van der Waals surface area contributed by atoms with Crippen molar-refractivity contribution in [3.05, 3.63) is 62.1 Å². The molecule has 0 bridgehead atoms. The van der Waals surface area contributed by atoms with Gasteiger partial charge in [0.05, 0.1) is 5.56 Å². The topological polar surface area (TPSA) is 29.1 Å². The molecule has 1 amide bonds. The average molecular weight is 402 g/mol. The van der Waals surface area contributed by atoms with E-state index in [2.05, 4.69) is 43.8 Å². The normalized spacial score (nSPS) is 10.0. The number of nitrogens with one attached hydrogen (secondary N) is 1. The zero-order valence-corrected chi connectivity index (χ0v) is 12.5. The van der Waals surface area contributed by atoms with Crippen LogP contribution < -0.4 is 5.32 Å². The van der Waals surface area contributed by atoms with Crippen LogP contribution in [-0.4, -0.2) is 5.91 Å². The molecule has 0 aliphatic heterocycles. The minimum atomic E-state index is -0.110. The predicted molar refractivity (Wildman–Crippen MR) is 81.3 cm³/mol. The molecule has 0 saturated heterocycles. The Kier molecular flexibility index (Phi) is 4.17. The Morgan fingerprint density at radius 3 is 2.53 bits per heavy atom. The maximum atomic E-state index is 12.0. The maximum absolute atomic E-state index is 12.0. The summed E-state index contributed by atoms with van der Waals surface area (Å²) >= 11 is 5.57. The van der Waals surface area contributed by atoms with Gasteiger partial charge in [-0.3, -0.25) is 4.79 Å². The third kappa shape index (κ3) is 3.29. The molecule has 0 saturated carbocycles. The van der Waals surface area contributed by atoms with Crippen LogP contribution in [0.3, 0.4) is 0 Å². The molecule has 1 N–H and O–H groups in total. The monoisotopic (exact) mass is 401 g/mol. The summed E-state index contributed by atoms with van der Waals surface area (Å²) in [5.41, 5.74) is 1.43. The molecule has 2 rings (SSSR count). The molecular formula is C13H9BrINO. The lowest BCUT2D eigenvalue weighted by atomic mass is 10.2. The number of hydrogen-bond acceptors (Lipinski definition) is 1. The Labute approximate surface area is 122 Å². The molecule has 2 aromatic carbocycles. The van der Waals surface area contributed by atoms with Crippen molar-refractivity contribution in [2.75, 3.05) is 5.32 Å². The number of para-hydroxylation sites is 1. The van der Waals surface area contributed by atoms with Gasteiger partial charge in [0, 0.05) is 13.7 Å². The summed E-state index contributed by atoms with van der Waals surface area (Å²) in [6.45, 7) is 0. The lowest BCUT2D eigenvalue weighted by Crippen LogP contribution is -2.12. The first-order valence-electron chi connectivity index (χ1n) is 4.98. The molecule has 0 heterocycles. The van der Waals surface area contributed by atoms with Gasteiger partial charge >= 0.3 is 0 Å². The second-order valence-electron chi connectivity index (χ2n) is 3.44. The zero-order valence-electron chi connectivity index (χ0n) is 8.78. The summed E-state index contributed by atoms with van der Waals surface area (Å²) in [6, 6.07) is 15.1. The first-order chi connectivity index (χ1) is 8.16. The molecule has 0 unspecified atom stereocenters. The highest BCUT2D eigenvalue weighted by molar-refractivity contribution is 14.1. The minimum absolute atomic E-state index is 0.110. The fourth-order valence-electron chi connectivity index (χ4n) is 1.39. The van der Waals surface area contributed by atoms with Crippen LogP contribution in [0.4, 0.5) is 5.69 Å². The molecule has 0 fully saturated rings. The van der Waals surface area contributed by atoms with E-state index < -0.39 is 0 Å². The molecule has 4 heteroatoms. The Balaban J connectivity index is 2.23. The van der Waals surface area contributed by atoms with E-state index in [1.807, 2.05) is 48.5 Å². The molecule has 0 radical (unpaired) electrons. The minimum Gasteiger partial charge on any atom is -0.322 e.